The second-order valence-electron chi connectivity index (χ2n) is 12.6. The number of aromatic hydroxyl groups is 1. The molecule has 3 aromatic carbocycles. The van der Waals surface area contributed by atoms with E-state index in [0.717, 1.165) is 22.1 Å². The lowest BCUT2D eigenvalue weighted by Gasteiger charge is -2.49. The predicted octanol–water partition coefficient (Wildman–Crippen LogP) is 6.39. The molecule has 6 atom stereocenters. The van der Waals surface area contributed by atoms with Crippen molar-refractivity contribution >= 4 is 56.8 Å². The summed E-state index contributed by atoms with van der Waals surface area (Å²) in [5.41, 5.74) is 0.611. The highest BCUT2D eigenvalue weighted by Gasteiger charge is 2.68. The summed E-state index contributed by atoms with van der Waals surface area (Å²) in [6.07, 6.45) is 2.33. The number of hydrogen-bond donors (Lipinski definition) is 1. The average Bonchev–Trinajstić information content (AvgIpc) is 3.39. The number of benzene rings is 3. The maximum Gasteiger partial charge on any atom is 0.241 e. The molecular weight excluding hydrogens is 679 g/mol. The number of carbonyl (C=O) groups excluding carboxylic acids is 4. The monoisotopic (exact) mass is 706 g/mol. The van der Waals surface area contributed by atoms with Gasteiger partial charge in [0.25, 0.3) is 0 Å². The number of imide groups is 2. The van der Waals surface area contributed by atoms with E-state index >= 15 is 0 Å². The molecule has 7 rings (SSSR count). The summed E-state index contributed by atoms with van der Waals surface area (Å²) >= 11 is 9.57. The first-order chi connectivity index (χ1) is 22.0. The number of ether oxygens (including phenoxy) is 1. The number of methoxy groups -OCH3 is 1. The molecule has 46 heavy (non-hydrogen) atoms. The molecular formula is C35H29BrClFN2O6. The van der Waals surface area contributed by atoms with E-state index < -0.39 is 52.6 Å². The SMILES string of the molecule is COc1cc(Br)cc(C2C3=CCC4C(=O)N(Cc5ccccc5)C(=O)C4C3CC3C(=O)N(c4ccc(F)c(Cl)c4)C(=O)C32C)c1O. The van der Waals surface area contributed by atoms with E-state index in [1.165, 1.54) is 24.1 Å². The molecule has 0 aromatic heterocycles. The van der Waals surface area contributed by atoms with Crippen molar-refractivity contribution in [3.05, 3.63) is 98.8 Å². The van der Waals surface area contributed by atoms with Crippen LogP contribution in [-0.2, 0) is 25.7 Å². The lowest BCUT2D eigenvalue weighted by Crippen LogP contribution is -2.48. The van der Waals surface area contributed by atoms with Crippen molar-refractivity contribution in [2.24, 2.45) is 29.1 Å². The summed E-state index contributed by atoms with van der Waals surface area (Å²) in [7, 11) is 1.42. The molecule has 1 saturated carbocycles. The van der Waals surface area contributed by atoms with E-state index in [-0.39, 0.29) is 53.4 Å². The maximum atomic E-state index is 14.6. The Hall–Kier alpha value is -4.02. The molecule has 3 aromatic rings. The normalized spacial score (nSPS) is 28.6. The van der Waals surface area contributed by atoms with Gasteiger partial charge in [0.2, 0.25) is 23.6 Å². The van der Waals surface area contributed by atoms with Gasteiger partial charge in [0.15, 0.2) is 11.5 Å². The minimum Gasteiger partial charge on any atom is -0.504 e. The summed E-state index contributed by atoms with van der Waals surface area (Å²) < 4.78 is 20.1. The van der Waals surface area contributed by atoms with E-state index in [9.17, 15) is 28.7 Å². The standard InChI is InChI=1S/C35H29BrClFN2O6/c1-35-24(32(43)40(34(35)45)19-8-11-26(38)25(37)14-19)15-22-20(29(35)23-12-18(36)13-27(46-2)30(23)41)9-10-21-28(22)33(44)39(31(21)42)16-17-6-4-3-5-7-17/h3-9,11-14,21-22,24,28-29,41H,10,15-16H2,1-2H3. The van der Waals surface area contributed by atoms with Crippen LogP contribution in [0, 0.1) is 34.9 Å². The third-order valence-corrected chi connectivity index (χ3v) is 11.1. The Kier molecular flexibility index (Phi) is 7.36. The van der Waals surface area contributed by atoms with Gasteiger partial charge in [0.1, 0.15) is 5.82 Å². The van der Waals surface area contributed by atoms with Gasteiger partial charge < -0.3 is 9.84 Å². The van der Waals surface area contributed by atoms with Gasteiger partial charge in [-0.25, -0.2) is 9.29 Å². The fourth-order valence-corrected chi connectivity index (χ4v) is 8.82. The second kappa shape index (κ2) is 11.1. The number of allylic oxidation sites excluding steroid dienone is 2. The Labute approximate surface area is 277 Å². The first-order valence-electron chi connectivity index (χ1n) is 15.0. The summed E-state index contributed by atoms with van der Waals surface area (Å²) in [5.74, 6) is -6.03. The smallest absolute Gasteiger partial charge is 0.241 e. The maximum absolute atomic E-state index is 14.6. The molecule has 0 spiro atoms. The van der Waals surface area contributed by atoms with Gasteiger partial charge in [0.05, 0.1) is 47.5 Å². The number of nitrogens with zero attached hydrogens (tertiary/aromatic N) is 2. The van der Waals surface area contributed by atoms with Crippen LogP contribution in [0.3, 0.4) is 0 Å². The Morgan fingerprint density at radius 2 is 1.76 bits per heavy atom. The zero-order valence-electron chi connectivity index (χ0n) is 24.9. The third kappa shape index (κ3) is 4.36. The van der Waals surface area contributed by atoms with E-state index in [2.05, 4.69) is 15.9 Å². The molecule has 6 unspecified atom stereocenters. The van der Waals surface area contributed by atoms with Gasteiger partial charge >= 0.3 is 0 Å². The number of phenols is 1. The van der Waals surface area contributed by atoms with E-state index in [4.69, 9.17) is 16.3 Å². The average molecular weight is 708 g/mol. The summed E-state index contributed by atoms with van der Waals surface area (Å²) in [4.78, 5) is 59.1. The van der Waals surface area contributed by atoms with Crippen LogP contribution in [0.1, 0.15) is 36.8 Å². The topological polar surface area (TPSA) is 104 Å². The first kappa shape index (κ1) is 30.6. The number of likely N-dealkylation sites (tertiary alicyclic amines) is 1. The van der Waals surface area contributed by atoms with Crippen LogP contribution in [0.4, 0.5) is 10.1 Å². The first-order valence-corrected chi connectivity index (χ1v) is 16.1. The quantitative estimate of drug-likeness (QED) is 0.244. The van der Waals surface area contributed by atoms with Gasteiger partial charge in [-0.1, -0.05) is 69.5 Å². The van der Waals surface area contributed by atoms with Crippen LogP contribution in [0.5, 0.6) is 11.5 Å². The number of halogens is 3. The van der Waals surface area contributed by atoms with E-state index in [0.29, 0.717) is 10.0 Å². The molecule has 2 heterocycles. The number of anilines is 1. The molecule has 4 amide bonds. The lowest BCUT2D eigenvalue weighted by atomic mass is 9.51. The fourth-order valence-electron chi connectivity index (χ4n) is 8.19. The lowest BCUT2D eigenvalue weighted by molar-refractivity contribution is -0.141. The van der Waals surface area contributed by atoms with Crippen molar-refractivity contribution in [2.45, 2.75) is 32.2 Å². The zero-order valence-corrected chi connectivity index (χ0v) is 27.2. The molecule has 0 radical (unpaired) electrons. The number of carbonyl (C=O) groups is 4. The molecule has 1 N–H and O–H groups in total. The van der Waals surface area contributed by atoms with Crippen LogP contribution < -0.4 is 9.64 Å². The summed E-state index contributed by atoms with van der Waals surface area (Å²) in [6.45, 7) is 1.84. The van der Waals surface area contributed by atoms with Crippen LogP contribution in [0.2, 0.25) is 5.02 Å². The Morgan fingerprint density at radius 1 is 1.02 bits per heavy atom. The largest absolute Gasteiger partial charge is 0.504 e. The van der Waals surface area contributed by atoms with Crippen LogP contribution >= 0.6 is 27.5 Å². The number of fused-ring (bicyclic) bond motifs is 4. The molecule has 3 fully saturated rings. The van der Waals surface area contributed by atoms with Gasteiger partial charge in [-0.05, 0) is 61.6 Å². The number of hydrogen-bond acceptors (Lipinski definition) is 6. The van der Waals surface area contributed by atoms with Crippen molar-refractivity contribution < 1.29 is 33.4 Å². The van der Waals surface area contributed by atoms with Crippen LogP contribution in [-0.4, -0.2) is 40.7 Å². The Balaban J connectivity index is 1.38. The third-order valence-electron chi connectivity index (χ3n) is 10.3. The molecule has 8 nitrogen and oxygen atoms in total. The molecule has 2 aliphatic carbocycles. The predicted molar refractivity (Wildman–Crippen MR) is 170 cm³/mol. The summed E-state index contributed by atoms with van der Waals surface area (Å²) in [6, 6.07) is 16.2. The number of amides is 4. The molecule has 236 valence electrons. The van der Waals surface area contributed by atoms with Gasteiger partial charge in [0, 0.05) is 16.0 Å². The zero-order chi connectivity index (χ0) is 32.7. The van der Waals surface area contributed by atoms with E-state index in [1.807, 2.05) is 36.4 Å². The minimum atomic E-state index is -1.41. The molecule has 2 aliphatic heterocycles. The molecule has 4 aliphatic rings. The summed E-state index contributed by atoms with van der Waals surface area (Å²) in [5, 5.41) is 11.3. The highest BCUT2D eigenvalue weighted by molar-refractivity contribution is 9.10. The molecule has 11 heteroatoms. The molecule has 2 saturated heterocycles. The van der Waals surface area contributed by atoms with Crippen molar-refractivity contribution in [3.63, 3.8) is 0 Å². The second-order valence-corrected chi connectivity index (χ2v) is 13.9. The molecule has 0 bridgehead atoms. The fraction of sp³-hybridized carbons (Fsp3) is 0.314. The minimum absolute atomic E-state index is 0.128. The van der Waals surface area contributed by atoms with Gasteiger partial charge in [-0.3, -0.25) is 24.1 Å². The van der Waals surface area contributed by atoms with E-state index in [1.54, 1.807) is 19.1 Å². The van der Waals surface area contributed by atoms with Crippen molar-refractivity contribution in [3.8, 4) is 11.5 Å². The van der Waals surface area contributed by atoms with Crippen molar-refractivity contribution in [2.75, 3.05) is 12.0 Å². The highest BCUT2D eigenvalue weighted by Crippen LogP contribution is 2.65. The number of rotatable bonds is 5. The van der Waals surface area contributed by atoms with Gasteiger partial charge in [-0.15, -0.1) is 0 Å². The number of phenolic OH excluding ortho intramolecular Hbond substituents is 1. The van der Waals surface area contributed by atoms with Crippen LogP contribution in [0.25, 0.3) is 0 Å². The van der Waals surface area contributed by atoms with Crippen molar-refractivity contribution in [1.29, 1.82) is 0 Å². The Morgan fingerprint density at radius 3 is 2.46 bits per heavy atom. The Bertz CT molecular complexity index is 1870. The van der Waals surface area contributed by atoms with Crippen molar-refractivity contribution in [1.82, 2.24) is 4.90 Å². The highest BCUT2D eigenvalue weighted by atomic mass is 79.9. The van der Waals surface area contributed by atoms with Gasteiger partial charge in [-0.2, -0.15) is 0 Å². The van der Waals surface area contributed by atoms with Crippen LogP contribution in [0.15, 0.2) is 76.8 Å².